The molecule has 0 saturated carbocycles. The Morgan fingerprint density at radius 3 is 2.62 bits per heavy atom. The van der Waals surface area contributed by atoms with E-state index in [4.69, 9.17) is 0 Å². The Balaban J connectivity index is 1.39. The minimum Gasteiger partial charge on any atom is -0.345 e. The van der Waals surface area contributed by atoms with E-state index in [1.165, 1.54) is 23.6 Å². The van der Waals surface area contributed by atoms with Gasteiger partial charge in [-0.1, -0.05) is 12.1 Å². The number of pyridine rings is 1. The summed E-state index contributed by atoms with van der Waals surface area (Å²) >= 11 is 1.47. The third kappa shape index (κ3) is 4.43. The van der Waals surface area contributed by atoms with Crippen LogP contribution in [0.25, 0.3) is 32.4 Å². The number of benzene rings is 3. The molecule has 0 saturated heterocycles. The molecule has 0 aliphatic heterocycles. The number of nitrogens with one attached hydrogen (secondary N) is 2. The highest BCUT2D eigenvalue weighted by atomic mass is 32.2. The molecule has 2 N–H and O–H groups in total. The van der Waals surface area contributed by atoms with Crippen LogP contribution in [-0.2, 0) is 10.0 Å². The first kappa shape index (κ1) is 24.8. The molecule has 0 fully saturated rings. The summed E-state index contributed by atoms with van der Waals surface area (Å²) in [6.45, 7) is 0. The van der Waals surface area contributed by atoms with Crippen molar-refractivity contribution in [2.75, 3.05) is 4.72 Å². The normalized spacial score (nSPS) is 11.8. The molecule has 39 heavy (non-hydrogen) atoms. The summed E-state index contributed by atoms with van der Waals surface area (Å²) in [5.74, 6) is -4.41. The fourth-order valence-corrected chi connectivity index (χ4v) is 6.00. The van der Waals surface area contributed by atoms with Crippen LogP contribution in [0, 0.1) is 17.5 Å². The molecule has 3 aromatic heterocycles. The van der Waals surface area contributed by atoms with Gasteiger partial charge in [-0.3, -0.25) is 9.52 Å². The molecule has 0 radical (unpaired) electrons. The van der Waals surface area contributed by atoms with Gasteiger partial charge in [0.1, 0.15) is 17.3 Å². The van der Waals surface area contributed by atoms with Crippen molar-refractivity contribution in [3.63, 3.8) is 0 Å². The first-order chi connectivity index (χ1) is 18.7. The fraction of sp³-hybridized carbons (Fsp3) is 0. The quantitative estimate of drug-likeness (QED) is 0.232. The zero-order valence-electron chi connectivity index (χ0n) is 19.6. The minimum atomic E-state index is -4.43. The predicted octanol–water partition coefficient (Wildman–Crippen LogP) is 6.29. The summed E-state index contributed by atoms with van der Waals surface area (Å²) in [5.41, 5.74) is 2.71. The van der Waals surface area contributed by atoms with Crippen LogP contribution in [0.4, 0.5) is 18.9 Å². The number of rotatable bonds is 6. The number of aromatic nitrogens is 3. The summed E-state index contributed by atoms with van der Waals surface area (Å²) in [6.07, 6.45) is 2.90. The van der Waals surface area contributed by atoms with Gasteiger partial charge in [0.2, 0.25) is 5.78 Å². The number of carbonyl (C=O) groups is 1. The number of nitrogens with zero attached hydrogens (tertiary/aromatic N) is 2. The first-order valence-electron chi connectivity index (χ1n) is 11.3. The lowest BCUT2D eigenvalue weighted by Crippen LogP contribution is -2.16. The second-order valence-corrected chi connectivity index (χ2v) is 11.1. The molecule has 3 heterocycles. The van der Waals surface area contributed by atoms with Crippen LogP contribution in [0.2, 0.25) is 0 Å². The summed E-state index contributed by atoms with van der Waals surface area (Å²) < 4.78 is 72.1. The molecule has 0 unspecified atom stereocenters. The van der Waals surface area contributed by atoms with Gasteiger partial charge in [-0.05, 0) is 54.1 Å². The van der Waals surface area contributed by atoms with Crippen molar-refractivity contribution in [3.05, 3.63) is 107 Å². The topological polar surface area (TPSA) is 105 Å². The van der Waals surface area contributed by atoms with Crippen molar-refractivity contribution in [1.29, 1.82) is 0 Å². The van der Waals surface area contributed by atoms with Crippen molar-refractivity contribution < 1.29 is 26.4 Å². The third-order valence-electron chi connectivity index (χ3n) is 6.11. The van der Waals surface area contributed by atoms with Gasteiger partial charge in [0.15, 0.2) is 5.82 Å². The van der Waals surface area contributed by atoms with Crippen LogP contribution in [0.5, 0.6) is 0 Å². The molecule has 0 bridgehead atoms. The zero-order chi connectivity index (χ0) is 27.3. The van der Waals surface area contributed by atoms with Gasteiger partial charge < -0.3 is 4.98 Å². The van der Waals surface area contributed by atoms with Gasteiger partial charge in [-0.2, -0.15) is 0 Å². The maximum Gasteiger partial charge on any atom is 0.262 e. The number of H-pyrrole nitrogens is 1. The Labute approximate surface area is 223 Å². The van der Waals surface area contributed by atoms with E-state index in [1.807, 2.05) is 22.9 Å². The SMILES string of the molecule is O=C(c1c(F)ccc(NS(=O)(=O)c2cccc(F)c2)c1F)c1c[nH]c2ncc(-c3ccc4ncsc4c3)cc12. The summed E-state index contributed by atoms with van der Waals surface area (Å²) in [7, 11) is -4.43. The van der Waals surface area contributed by atoms with Crippen LogP contribution in [-0.4, -0.2) is 29.2 Å². The fourth-order valence-electron chi connectivity index (χ4n) is 4.20. The van der Waals surface area contributed by atoms with Crippen molar-refractivity contribution in [3.8, 4) is 11.1 Å². The zero-order valence-corrected chi connectivity index (χ0v) is 21.2. The number of hydrogen-bond acceptors (Lipinski definition) is 6. The molecule has 3 aromatic carbocycles. The Bertz CT molecular complexity index is 2040. The van der Waals surface area contributed by atoms with Crippen LogP contribution >= 0.6 is 11.3 Å². The lowest BCUT2D eigenvalue weighted by molar-refractivity contribution is 0.103. The predicted molar refractivity (Wildman–Crippen MR) is 142 cm³/mol. The standard InChI is InChI=1S/C27H15F3N4O3S2/c28-16-2-1-3-17(10-16)39(36,37)34-22-7-5-20(29)24(25(22)30)26(35)19-12-32-27-18(19)8-15(11-31-27)14-4-6-21-23(9-14)38-13-33-21/h1-13,34H,(H,31,32). The summed E-state index contributed by atoms with van der Waals surface area (Å²) in [5, 5.41) is 0.325. The van der Waals surface area contributed by atoms with Gasteiger partial charge in [-0.25, -0.2) is 31.6 Å². The molecule has 12 heteroatoms. The van der Waals surface area contributed by atoms with Crippen LogP contribution in [0.1, 0.15) is 15.9 Å². The van der Waals surface area contributed by atoms with E-state index in [9.17, 15) is 22.0 Å². The average molecular weight is 565 g/mol. The largest absolute Gasteiger partial charge is 0.345 e. The van der Waals surface area contributed by atoms with E-state index in [2.05, 4.69) is 15.0 Å². The number of ketones is 1. The van der Waals surface area contributed by atoms with Gasteiger partial charge in [-0.15, -0.1) is 11.3 Å². The van der Waals surface area contributed by atoms with Crippen molar-refractivity contribution in [1.82, 2.24) is 15.0 Å². The van der Waals surface area contributed by atoms with E-state index < -0.39 is 49.4 Å². The Hall–Kier alpha value is -4.55. The monoisotopic (exact) mass is 564 g/mol. The van der Waals surface area contributed by atoms with Crippen LogP contribution in [0.3, 0.4) is 0 Å². The molecule has 0 atom stereocenters. The second kappa shape index (κ2) is 9.33. The van der Waals surface area contributed by atoms with Gasteiger partial charge in [0.25, 0.3) is 10.0 Å². The van der Waals surface area contributed by atoms with Crippen molar-refractivity contribution in [2.24, 2.45) is 0 Å². The molecule has 0 spiro atoms. The van der Waals surface area contributed by atoms with Gasteiger partial charge in [0, 0.05) is 28.9 Å². The number of carbonyl (C=O) groups excluding carboxylic acids is 1. The molecular formula is C27H15F3N4O3S2. The lowest BCUT2D eigenvalue weighted by atomic mass is 10.00. The maximum absolute atomic E-state index is 15.5. The van der Waals surface area contributed by atoms with E-state index >= 15 is 4.39 Å². The Morgan fingerprint density at radius 2 is 1.79 bits per heavy atom. The minimum absolute atomic E-state index is 0.0545. The molecule has 0 aliphatic carbocycles. The van der Waals surface area contributed by atoms with Gasteiger partial charge >= 0.3 is 0 Å². The van der Waals surface area contributed by atoms with Crippen molar-refractivity contribution >= 4 is 54.1 Å². The molecule has 6 aromatic rings. The Morgan fingerprint density at radius 1 is 0.949 bits per heavy atom. The van der Waals surface area contributed by atoms with Crippen LogP contribution < -0.4 is 4.72 Å². The molecule has 194 valence electrons. The number of fused-ring (bicyclic) bond motifs is 2. The summed E-state index contributed by atoms with van der Waals surface area (Å²) in [6, 6.07) is 13.0. The third-order valence-corrected chi connectivity index (χ3v) is 8.26. The van der Waals surface area contributed by atoms with E-state index in [0.29, 0.717) is 16.6 Å². The van der Waals surface area contributed by atoms with E-state index in [0.717, 1.165) is 46.1 Å². The first-order valence-corrected chi connectivity index (χ1v) is 13.7. The highest BCUT2D eigenvalue weighted by molar-refractivity contribution is 7.92. The second-order valence-electron chi connectivity index (χ2n) is 8.53. The molecular weight excluding hydrogens is 549 g/mol. The molecule has 0 aliphatic rings. The van der Waals surface area contributed by atoms with Gasteiger partial charge in [0.05, 0.1) is 31.9 Å². The number of aromatic amines is 1. The number of hydrogen-bond donors (Lipinski definition) is 2. The van der Waals surface area contributed by atoms with E-state index in [-0.39, 0.29) is 5.56 Å². The highest BCUT2D eigenvalue weighted by Crippen LogP contribution is 2.31. The molecule has 0 amide bonds. The van der Waals surface area contributed by atoms with E-state index in [1.54, 1.807) is 17.8 Å². The highest BCUT2D eigenvalue weighted by Gasteiger charge is 2.26. The number of halogens is 3. The lowest BCUT2D eigenvalue weighted by Gasteiger charge is -2.12. The van der Waals surface area contributed by atoms with Crippen LogP contribution in [0.15, 0.2) is 83.5 Å². The molecule has 7 nitrogen and oxygen atoms in total. The maximum atomic E-state index is 15.5. The smallest absolute Gasteiger partial charge is 0.262 e. The number of anilines is 1. The summed E-state index contributed by atoms with van der Waals surface area (Å²) in [4.78, 5) is 24.4. The Kier molecular flexibility index (Phi) is 5.92. The number of sulfonamides is 1. The van der Waals surface area contributed by atoms with Crippen molar-refractivity contribution in [2.45, 2.75) is 4.90 Å². The number of thiazole rings is 1. The molecule has 6 rings (SSSR count). The average Bonchev–Trinajstić information content (AvgIpc) is 3.56.